The van der Waals surface area contributed by atoms with E-state index in [-0.39, 0.29) is 11.9 Å². The second kappa shape index (κ2) is 6.34. The first kappa shape index (κ1) is 16.4. The predicted molar refractivity (Wildman–Crippen MR) is 97.7 cm³/mol. The first-order chi connectivity index (χ1) is 12.1. The van der Waals surface area contributed by atoms with Gasteiger partial charge in [-0.05, 0) is 43.5 Å². The standard InChI is InChI=1S/C21H26N2O2/c1-4-13(2)23-11-17-15-7-5-6-8-16(15)20(18(17)12-23)22-21(24)19-10-9-14(3)25-19/h5-10,13,17-18,20H,4,11-12H2,1-3H3,(H,22,24)/t13?,17-,18-,20+/m0/s1. The minimum atomic E-state index is -0.115. The summed E-state index contributed by atoms with van der Waals surface area (Å²) in [4.78, 5) is 15.2. The third-order valence-electron chi connectivity index (χ3n) is 6.02. The number of aryl methyl sites for hydroxylation is 1. The van der Waals surface area contributed by atoms with Crippen LogP contribution in [0, 0.1) is 12.8 Å². The predicted octanol–water partition coefficient (Wildman–Crippen LogP) is 3.89. The van der Waals surface area contributed by atoms with Gasteiger partial charge in [0.15, 0.2) is 5.76 Å². The lowest BCUT2D eigenvalue weighted by atomic mass is 9.94. The van der Waals surface area contributed by atoms with Crippen molar-refractivity contribution in [2.75, 3.05) is 13.1 Å². The highest BCUT2D eigenvalue weighted by atomic mass is 16.3. The monoisotopic (exact) mass is 338 g/mol. The summed E-state index contributed by atoms with van der Waals surface area (Å²) in [5, 5.41) is 3.25. The molecule has 1 saturated heterocycles. The molecule has 132 valence electrons. The van der Waals surface area contributed by atoms with Crippen LogP contribution in [0.5, 0.6) is 0 Å². The zero-order valence-corrected chi connectivity index (χ0v) is 15.2. The van der Waals surface area contributed by atoms with Crippen molar-refractivity contribution in [3.05, 3.63) is 59.0 Å². The SMILES string of the molecule is CCC(C)N1C[C@@H]2[C@H](NC(=O)c3ccc(C)o3)c3ccccc3[C@@H]2C1. The molecule has 4 heteroatoms. The van der Waals surface area contributed by atoms with Crippen molar-refractivity contribution >= 4 is 5.91 Å². The molecule has 0 saturated carbocycles. The van der Waals surface area contributed by atoms with Gasteiger partial charge in [-0.1, -0.05) is 31.2 Å². The Hall–Kier alpha value is -2.07. The quantitative estimate of drug-likeness (QED) is 0.920. The van der Waals surface area contributed by atoms with Crippen molar-refractivity contribution in [1.82, 2.24) is 10.2 Å². The molecule has 1 amide bonds. The molecular formula is C21H26N2O2. The smallest absolute Gasteiger partial charge is 0.287 e. The van der Waals surface area contributed by atoms with Gasteiger partial charge in [-0.25, -0.2) is 0 Å². The minimum Gasteiger partial charge on any atom is -0.456 e. The minimum absolute atomic E-state index is 0.0631. The van der Waals surface area contributed by atoms with Crippen LogP contribution < -0.4 is 5.32 Å². The summed E-state index contributed by atoms with van der Waals surface area (Å²) in [6.07, 6.45) is 1.16. The number of nitrogens with one attached hydrogen (secondary N) is 1. The van der Waals surface area contributed by atoms with Gasteiger partial charge in [0.05, 0.1) is 6.04 Å². The molecule has 1 aliphatic heterocycles. The number of carbonyl (C=O) groups is 1. The third kappa shape index (κ3) is 2.78. The van der Waals surface area contributed by atoms with Crippen molar-refractivity contribution in [2.24, 2.45) is 5.92 Å². The van der Waals surface area contributed by atoms with E-state index in [9.17, 15) is 4.79 Å². The molecule has 1 aliphatic carbocycles. The maximum Gasteiger partial charge on any atom is 0.287 e. The molecule has 2 heterocycles. The van der Waals surface area contributed by atoms with Crippen molar-refractivity contribution in [2.45, 2.75) is 45.2 Å². The van der Waals surface area contributed by atoms with Gasteiger partial charge in [0, 0.05) is 31.0 Å². The summed E-state index contributed by atoms with van der Waals surface area (Å²) < 4.78 is 5.51. The second-order valence-corrected chi connectivity index (χ2v) is 7.47. The van der Waals surface area contributed by atoms with Gasteiger partial charge in [0.1, 0.15) is 5.76 Å². The molecule has 4 rings (SSSR count). The summed E-state index contributed by atoms with van der Waals surface area (Å²) >= 11 is 0. The zero-order valence-electron chi connectivity index (χ0n) is 15.2. The fourth-order valence-corrected chi connectivity index (χ4v) is 4.46. The van der Waals surface area contributed by atoms with E-state index < -0.39 is 0 Å². The van der Waals surface area contributed by atoms with Crippen molar-refractivity contribution in [3.63, 3.8) is 0 Å². The van der Waals surface area contributed by atoms with Crippen LogP contribution in [0.15, 0.2) is 40.8 Å². The van der Waals surface area contributed by atoms with Crippen LogP contribution >= 0.6 is 0 Å². The van der Waals surface area contributed by atoms with E-state index in [1.807, 2.05) is 13.0 Å². The molecule has 4 nitrogen and oxygen atoms in total. The molecule has 1 aromatic heterocycles. The number of hydrogen-bond acceptors (Lipinski definition) is 3. The van der Waals surface area contributed by atoms with E-state index in [2.05, 4.69) is 48.3 Å². The van der Waals surface area contributed by atoms with E-state index >= 15 is 0 Å². The number of nitrogens with zero attached hydrogens (tertiary/aromatic N) is 1. The van der Waals surface area contributed by atoms with E-state index in [0.717, 1.165) is 25.3 Å². The number of furan rings is 1. The lowest BCUT2D eigenvalue weighted by molar-refractivity contribution is 0.0893. The Morgan fingerprint density at radius 1 is 1.24 bits per heavy atom. The number of fused-ring (bicyclic) bond motifs is 3. The van der Waals surface area contributed by atoms with Crippen LogP contribution in [-0.4, -0.2) is 29.9 Å². The first-order valence-corrected chi connectivity index (χ1v) is 9.28. The molecule has 0 bridgehead atoms. The summed E-state index contributed by atoms with van der Waals surface area (Å²) in [5.74, 6) is 1.99. The van der Waals surface area contributed by atoms with E-state index in [1.54, 1.807) is 6.07 Å². The summed E-state index contributed by atoms with van der Waals surface area (Å²) in [6, 6.07) is 12.8. The van der Waals surface area contributed by atoms with Crippen LogP contribution in [-0.2, 0) is 0 Å². The first-order valence-electron chi connectivity index (χ1n) is 9.28. The molecule has 4 atom stereocenters. The van der Waals surface area contributed by atoms with E-state index in [1.165, 1.54) is 11.1 Å². The third-order valence-corrected chi connectivity index (χ3v) is 6.02. The Morgan fingerprint density at radius 2 is 2.00 bits per heavy atom. The van der Waals surface area contributed by atoms with E-state index in [0.29, 0.717) is 23.6 Å². The van der Waals surface area contributed by atoms with Crippen LogP contribution in [0.25, 0.3) is 0 Å². The highest BCUT2D eigenvalue weighted by Gasteiger charge is 2.47. The van der Waals surface area contributed by atoms with Crippen molar-refractivity contribution < 1.29 is 9.21 Å². The van der Waals surface area contributed by atoms with Gasteiger partial charge in [-0.15, -0.1) is 0 Å². The Bertz CT molecular complexity index is 782. The van der Waals surface area contributed by atoms with Crippen molar-refractivity contribution in [1.29, 1.82) is 0 Å². The Labute approximate surface area is 149 Å². The number of rotatable bonds is 4. The number of likely N-dealkylation sites (tertiary alicyclic amines) is 1. The summed E-state index contributed by atoms with van der Waals surface area (Å²) in [5.41, 5.74) is 2.68. The van der Waals surface area contributed by atoms with Gasteiger partial charge >= 0.3 is 0 Å². The molecule has 1 aromatic carbocycles. The van der Waals surface area contributed by atoms with Crippen LogP contribution in [0.2, 0.25) is 0 Å². The molecule has 2 aromatic rings. The number of carbonyl (C=O) groups excluding carboxylic acids is 1. The normalized spacial score (nSPS) is 26.3. The maximum atomic E-state index is 12.7. The van der Waals surface area contributed by atoms with Gasteiger partial charge in [-0.2, -0.15) is 0 Å². The molecule has 2 aliphatic rings. The van der Waals surface area contributed by atoms with Crippen LogP contribution in [0.1, 0.15) is 59.7 Å². The van der Waals surface area contributed by atoms with Crippen molar-refractivity contribution in [3.8, 4) is 0 Å². The van der Waals surface area contributed by atoms with Gasteiger partial charge in [0.25, 0.3) is 5.91 Å². The fourth-order valence-electron chi connectivity index (χ4n) is 4.46. The van der Waals surface area contributed by atoms with Gasteiger partial charge in [0.2, 0.25) is 0 Å². The number of benzene rings is 1. The molecule has 1 N–H and O–H groups in total. The Balaban J connectivity index is 1.61. The zero-order chi connectivity index (χ0) is 17.6. The highest BCUT2D eigenvalue weighted by Crippen LogP contribution is 2.49. The maximum absolute atomic E-state index is 12.7. The Kier molecular flexibility index (Phi) is 4.16. The second-order valence-electron chi connectivity index (χ2n) is 7.47. The van der Waals surface area contributed by atoms with Crippen LogP contribution in [0.4, 0.5) is 0 Å². The average molecular weight is 338 g/mol. The highest BCUT2D eigenvalue weighted by molar-refractivity contribution is 5.92. The molecule has 1 unspecified atom stereocenters. The Morgan fingerprint density at radius 3 is 2.68 bits per heavy atom. The molecular weight excluding hydrogens is 312 g/mol. The largest absolute Gasteiger partial charge is 0.456 e. The average Bonchev–Trinajstić information content (AvgIpc) is 3.30. The molecule has 1 fully saturated rings. The summed E-state index contributed by atoms with van der Waals surface area (Å²) in [7, 11) is 0. The topological polar surface area (TPSA) is 45.5 Å². The molecule has 0 spiro atoms. The van der Waals surface area contributed by atoms with E-state index in [4.69, 9.17) is 4.42 Å². The number of hydrogen-bond donors (Lipinski definition) is 1. The van der Waals surface area contributed by atoms with Gasteiger partial charge in [-0.3, -0.25) is 9.69 Å². The number of amides is 1. The molecule has 0 radical (unpaired) electrons. The lowest BCUT2D eigenvalue weighted by Crippen LogP contribution is -2.35. The lowest BCUT2D eigenvalue weighted by Gasteiger charge is -2.26. The summed E-state index contributed by atoms with van der Waals surface area (Å²) in [6.45, 7) is 8.52. The van der Waals surface area contributed by atoms with Crippen LogP contribution in [0.3, 0.4) is 0 Å². The molecule has 25 heavy (non-hydrogen) atoms. The fraction of sp³-hybridized carbons (Fsp3) is 0.476. The van der Waals surface area contributed by atoms with Gasteiger partial charge < -0.3 is 9.73 Å².